The molecule has 0 saturated carbocycles. The van der Waals surface area contributed by atoms with Crippen LogP contribution in [-0.2, 0) is 40.5 Å². The highest BCUT2D eigenvalue weighted by Crippen LogP contribution is 2.45. The predicted octanol–water partition coefficient (Wildman–Crippen LogP) is 12.4. The maximum atomic E-state index is 13.7. The van der Waals surface area contributed by atoms with E-state index < -0.39 is 52.3 Å². The van der Waals surface area contributed by atoms with Gasteiger partial charge in [0.2, 0.25) is 0 Å². The molecule has 6 aromatic rings. The molecular weight excluding hydrogens is 969 g/mol. The average molecular weight is 1030 g/mol. The molecule has 0 saturated heterocycles. The third-order valence-electron chi connectivity index (χ3n) is 13.8. The summed E-state index contributed by atoms with van der Waals surface area (Å²) in [5.41, 5.74) is 6.87. The Bertz CT molecular complexity index is 3280. The number of hydrogen-bond acceptors (Lipinski definition) is 8. The highest BCUT2D eigenvalue weighted by Gasteiger charge is 2.32. The molecule has 6 aromatic carbocycles. The Kier molecular flexibility index (Phi) is 17.2. The van der Waals surface area contributed by atoms with Gasteiger partial charge in [-0.05, 0) is 169 Å². The van der Waals surface area contributed by atoms with Gasteiger partial charge in [0.15, 0.2) is 0 Å². The first-order valence-electron chi connectivity index (χ1n) is 23.2. The summed E-state index contributed by atoms with van der Waals surface area (Å²) in [5, 5.41) is 0. The molecule has 0 bridgehead atoms. The fraction of sp³-hybridized carbons (Fsp3) is 0.333. The van der Waals surface area contributed by atoms with E-state index in [0.717, 1.165) is 22.3 Å². The largest absolute Gasteiger partial charge is 0.294 e. The number of hydrogen-bond donors (Lipinski definition) is 4. The molecule has 0 fully saturated rings. The lowest BCUT2D eigenvalue weighted by atomic mass is 9.75. The summed E-state index contributed by atoms with van der Waals surface area (Å²) < 4.78 is 143. The molecule has 12 nitrogen and oxygen atoms in total. The lowest BCUT2D eigenvalue weighted by Gasteiger charge is -2.30. The molecule has 0 radical (unpaired) electrons. The molecule has 0 aliphatic heterocycles. The van der Waals surface area contributed by atoms with Crippen LogP contribution in [0, 0.1) is 13.8 Å². The Morgan fingerprint density at radius 2 is 0.757 bits per heavy atom. The molecule has 7 unspecified atom stereocenters. The first kappa shape index (κ1) is 54.3. The molecule has 70 heavy (non-hydrogen) atoms. The van der Waals surface area contributed by atoms with Crippen LogP contribution in [0.15, 0.2) is 159 Å². The van der Waals surface area contributed by atoms with Crippen LogP contribution in [-0.4, -0.2) is 51.9 Å². The fourth-order valence-electron chi connectivity index (χ4n) is 9.92. The summed E-state index contributed by atoms with van der Waals surface area (Å²) in [7, 11) is -18.7. The van der Waals surface area contributed by atoms with E-state index in [2.05, 4.69) is 26.0 Å². The Hall–Kier alpha value is -5.04. The Balaban J connectivity index is 1.44. The van der Waals surface area contributed by atoms with Gasteiger partial charge in [-0.3, -0.25) is 18.2 Å². The van der Waals surface area contributed by atoms with E-state index in [1.807, 2.05) is 64.1 Å². The molecule has 16 heteroatoms. The van der Waals surface area contributed by atoms with E-state index >= 15 is 0 Å². The summed E-state index contributed by atoms with van der Waals surface area (Å²) >= 11 is 0. The van der Waals surface area contributed by atoms with E-state index in [4.69, 9.17) is 0 Å². The van der Waals surface area contributed by atoms with Gasteiger partial charge in [0.1, 0.15) is 0 Å². The van der Waals surface area contributed by atoms with Gasteiger partial charge in [-0.1, -0.05) is 136 Å². The number of benzene rings is 6. The molecule has 0 aromatic heterocycles. The quantitative estimate of drug-likeness (QED) is 0.0495. The zero-order valence-electron chi connectivity index (χ0n) is 40.0. The van der Waals surface area contributed by atoms with Gasteiger partial charge in [0.25, 0.3) is 40.5 Å². The average Bonchev–Trinajstić information content (AvgIpc) is 3.29. The van der Waals surface area contributed by atoms with Crippen LogP contribution in [0.3, 0.4) is 0 Å². The molecule has 0 heterocycles. The Morgan fingerprint density at radius 1 is 0.386 bits per heavy atom. The lowest BCUT2D eigenvalue weighted by molar-refractivity contribution is 0.439. The minimum absolute atomic E-state index is 0.0166. The highest BCUT2D eigenvalue weighted by molar-refractivity contribution is 7.86. The molecule has 0 aliphatic carbocycles. The number of aryl methyl sites for hydroxylation is 2. The van der Waals surface area contributed by atoms with Gasteiger partial charge in [-0.15, -0.1) is 0 Å². The van der Waals surface area contributed by atoms with Crippen molar-refractivity contribution < 1.29 is 51.9 Å². The van der Waals surface area contributed by atoms with Gasteiger partial charge in [0.05, 0.1) is 19.6 Å². The minimum atomic E-state index is -4.94. The summed E-state index contributed by atoms with van der Waals surface area (Å²) in [6.45, 7) is 11.9. The highest BCUT2D eigenvalue weighted by atomic mass is 32.2. The third-order valence-corrected chi connectivity index (χ3v) is 17.2. The van der Waals surface area contributed by atoms with Crippen molar-refractivity contribution in [2.24, 2.45) is 0 Å². The van der Waals surface area contributed by atoms with Gasteiger partial charge in [-0.2, -0.15) is 33.7 Å². The standard InChI is InChI=1S/C54H62O12S4/c1-35-12-7-14-41(26-35)37(3)28-47(45-17-10-20-50(32-45)68(58,59)60)23-24-52(40(6)44-16-9-19-49(31-44)67(55,56)57)53-25-22-43(34-54(53)70(64,65)66)39(5)30-48(29-38(4)42-15-8-13-36(2)27-42)46-18-11-21-51(33-46)69(61,62)63/h7-22,25-27,31-34,37-40,47-48,52H,23-24,28-30H2,1-6H3,(H,55,56,57)(H,58,59,60)(H,61,62,63)(H,64,65,66). The van der Waals surface area contributed by atoms with Crippen LogP contribution < -0.4 is 0 Å². The van der Waals surface area contributed by atoms with E-state index in [-0.39, 0.29) is 61.2 Å². The van der Waals surface area contributed by atoms with E-state index in [1.54, 1.807) is 42.5 Å². The zero-order valence-corrected chi connectivity index (χ0v) is 43.3. The monoisotopic (exact) mass is 1030 g/mol. The van der Waals surface area contributed by atoms with Gasteiger partial charge < -0.3 is 0 Å². The van der Waals surface area contributed by atoms with E-state index in [1.165, 1.54) is 48.5 Å². The fourth-order valence-corrected chi connectivity index (χ4v) is 12.3. The van der Waals surface area contributed by atoms with Crippen molar-refractivity contribution in [3.05, 3.63) is 190 Å². The smallest absolute Gasteiger partial charge is 0.282 e. The molecule has 0 amide bonds. The van der Waals surface area contributed by atoms with Crippen molar-refractivity contribution in [1.82, 2.24) is 0 Å². The number of rotatable bonds is 21. The van der Waals surface area contributed by atoms with Crippen molar-refractivity contribution in [3.63, 3.8) is 0 Å². The topological polar surface area (TPSA) is 217 Å². The maximum Gasteiger partial charge on any atom is 0.294 e. The van der Waals surface area contributed by atoms with Crippen LogP contribution in [0.1, 0.15) is 151 Å². The molecular formula is C54H62O12S4. The molecule has 0 aliphatic rings. The zero-order chi connectivity index (χ0) is 51.3. The minimum Gasteiger partial charge on any atom is -0.282 e. The van der Waals surface area contributed by atoms with Gasteiger partial charge >= 0.3 is 0 Å². The van der Waals surface area contributed by atoms with Crippen molar-refractivity contribution in [2.45, 2.75) is 135 Å². The molecule has 374 valence electrons. The van der Waals surface area contributed by atoms with Crippen LogP contribution in [0.25, 0.3) is 0 Å². The first-order valence-corrected chi connectivity index (χ1v) is 28.9. The molecule has 0 spiro atoms. The maximum absolute atomic E-state index is 13.7. The van der Waals surface area contributed by atoms with Crippen molar-refractivity contribution in [3.8, 4) is 0 Å². The van der Waals surface area contributed by atoms with E-state index in [9.17, 15) is 51.9 Å². The van der Waals surface area contributed by atoms with Crippen LogP contribution in [0.5, 0.6) is 0 Å². The predicted molar refractivity (Wildman–Crippen MR) is 272 cm³/mol. The van der Waals surface area contributed by atoms with Crippen LogP contribution in [0.2, 0.25) is 0 Å². The lowest BCUT2D eigenvalue weighted by Crippen LogP contribution is -2.17. The summed E-state index contributed by atoms with van der Waals surface area (Å²) in [5.74, 6) is -2.33. The Morgan fingerprint density at radius 3 is 1.19 bits per heavy atom. The Labute approximate surface area is 414 Å². The second-order valence-corrected chi connectivity index (χ2v) is 24.7. The molecule has 6 rings (SSSR count). The van der Waals surface area contributed by atoms with Gasteiger partial charge in [0, 0.05) is 0 Å². The third kappa shape index (κ3) is 14.1. The van der Waals surface area contributed by atoms with Crippen LogP contribution in [0.4, 0.5) is 0 Å². The summed E-state index contributed by atoms with van der Waals surface area (Å²) in [6, 6.07) is 39.0. The van der Waals surface area contributed by atoms with Crippen molar-refractivity contribution in [2.75, 3.05) is 0 Å². The normalized spacial score (nSPS) is 15.6. The van der Waals surface area contributed by atoms with Gasteiger partial charge in [-0.25, -0.2) is 0 Å². The van der Waals surface area contributed by atoms with Crippen molar-refractivity contribution in [1.29, 1.82) is 0 Å². The second-order valence-electron chi connectivity index (χ2n) is 19.0. The summed E-state index contributed by atoms with van der Waals surface area (Å²) in [4.78, 5) is -1.23. The molecule has 7 atom stereocenters. The first-order chi connectivity index (χ1) is 32.7. The SMILES string of the molecule is Cc1cccc(C(C)CC(CCC(c2ccc(C(C)CC(CC(C)c3cccc(C)c3)c3cccc(S(=O)(=O)O)c3)cc2S(=O)(=O)O)C(C)c2cccc(S(=O)(=O)O)c2)c2cccc(S(=O)(=O)O)c2)c1. The van der Waals surface area contributed by atoms with Crippen LogP contribution >= 0.6 is 0 Å². The summed E-state index contributed by atoms with van der Waals surface area (Å²) in [6.07, 6.45) is 2.12. The second kappa shape index (κ2) is 22.2. The van der Waals surface area contributed by atoms with Crippen molar-refractivity contribution >= 4 is 40.5 Å². The van der Waals surface area contributed by atoms with E-state index in [0.29, 0.717) is 47.9 Å². The molecule has 4 N–H and O–H groups in total.